The van der Waals surface area contributed by atoms with Gasteiger partial charge in [-0.3, -0.25) is 4.79 Å². The van der Waals surface area contributed by atoms with Crippen LogP contribution in [-0.2, 0) is 25.4 Å². The first-order chi connectivity index (χ1) is 13.6. The van der Waals surface area contributed by atoms with Gasteiger partial charge in [0.15, 0.2) is 6.29 Å². The van der Waals surface area contributed by atoms with Crippen molar-refractivity contribution in [3.05, 3.63) is 71.8 Å². The molecule has 0 radical (unpaired) electrons. The number of aliphatic hydroxyl groups is 1. The van der Waals surface area contributed by atoms with Crippen molar-refractivity contribution in [2.45, 2.75) is 50.1 Å². The number of aliphatic hydroxyl groups excluding tert-OH is 1. The minimum absolute atomic E-state index is 0.212. The summed E-state index contributed by atoms with van der Waals surface area (Å²) >= 11 is 0. The van der Waals surface area contributed by atoms with Crippen LogP contribution < -0.4 is 5.32 Å². The van der Waals surface area contributed by atoms with Gasteiger partial charge in [-0.1, -0.05) is 60.7 Å². The maximum atomic E-state index is 11.8. The van der Waals surface area contributed by atoms with Gasteiger partial charge in [0.05, 0.1) is 18.8 Å². The molecule has 4 unspecified atom stereocenters. The summed E-state index contributed by atoms with van der Waals surface area (Å²) < 4.78 is 18.1. The lowest BCUT2D eigenvalue weighted by Gasteiger charge is -2.48. The highest BCUT2D eigenvalue weighted by atomic mass is 16.7. The molecule has 2 N–H and O–H groups in total. The Morgan fingerprint density at radius 3 is 2.43 bits per heavy atom. The van der Waals surface area contributed by atoms with Crippen LogP contribution in [0.4, 0.5) is 0 Å². The first-order valence-corrected chi connectivity index (χ1v) is 9.58. The van der Waals surface area contributed by atoms with E-state index in [2.05, 4.69) is 5.32 Å². The molecule has 2 heterocycles. The lowest BCUT2D eigenvalue weighted by molar-refractivity contribution is -0.314. The number of amides is 1. The second-order valence-corrected chi connectivity index (χ2v) is 7.30. The minimum atomic E-state index is -0.897. The molecule has 2 fully saturated rings. The van der Waals surface area contributed by atoms with Crippen molar-refractivity contribution >= 4 is 5.91 Å². The predicted molar refractivity (Wildman–Crippen MR) is 102 cm³/mol. The number of nitrogens with one attached hydrogen (secondary N) is 1. The molecule has 2 aromatic carbocycles. The number of benzene rings is 2. The fourth-order valence-electron chi connectivity index (χ4n) is 3.92. The number of hydrogen-bond donors (Lipinski definition) is 2. The van der Waals surface area contributed by atoms with E-state index in [9.17, 15) is 9.90 Å². The Labute approximate surface area is 164 Å². The average molecular weight is 383 g/mol. The quantitative estimate of drug-likeness (QED) is 0.844. The zero-order valence-corrected chi connectivity index (χ0v) is 15.7. The number of hydrogen-bond acceptors (Lipinski definition) is 5. The molecule has 6 atom stereocenters. The van der Waals surface area contributed by atoms with E-state index in [0.29, 0.717) is 13.0 Å². The Morgan fingerprint density at radius 1 is 1.07 bits per heavy atom. The summed E-state index contributed by atoms with van der Waals surface area (Å²) in [6.45, 7) is 1.76. The first kappa shape index (κ1) is 19.1. The molecule has 0 saturated carbocycles. The molecule has 2 aliphatic heterocycles. The Morgan fingerprint density at radius 2 is 1.75 bits per heavy atom. The van der Waals surface area contributed by atoms with E-state index in [-0.39, 0.29) is 12.0 Å². The number of ether oxygens (including phenoxy) is 3. The average Bonchev–Trinajstić information content (AvgIpc) is 2.72. The Kier molecular flexibility index (Phi) is 5.73. The molecule has 0 aliphatic carbocycles. The van der Waals surface area contributed by atoms with Gasteiger partial charge in [-0.15, -0.1) is 0 Å². The van der Waals surface area contributed by atoms with Gasteiger partial charge in [0.25, 0.3) is 0 Å². The number of carbonyl (C=O) groups excluding carboxylic acids is 1. The van der Waals surface area contributed by atoms with Gasteiger partial charge in [-0.25, -0.2) is 0 Å². The van der Waals surface area contributed by atoms with Gasteiger partial charge in [0, 0.05) is 18.9 Å². The van der Waals surface area contributed by atoms with Crippen molar-refractivity contribution in [1.29, 1.82) is 0 Å². The van der Waals surface area contributed by atoms with Gasteiger partial charge in [-0.05, 0) is 5.56 Å². The van der Waals surface area contributed by atoms with Crippen LogP contribution in [0.25, 0.3) is 0 Å². The fourth-order valence-corrected chi connectivity index (χ4v) is 3.92. The molecular weight excluding hydrogens is 358 g/mol. The second kappa shape index (κ2) is 8.41. The van der Waals surface area contributed by atoms with E-state index in [1.165, 1.54) is 6.92 Å². The van der Waals surface area contributed by atoms with E-state index in [4.69, 9.17) is 14.2 Å². The summed E-state index contributed by atoms with van der Waals surface area (Å²) in [5, 5.41) is 13.9. The van der Waals surface area contributed by atoms with Crippen LogP contribution in [0.3, 0.4) is 0 Å². The lowest BCUT2D eigenvalue weighted by atomic mass is 9.88. The largest absolute Gasteiger partial charge is 0.388 e. The van der Waals surface area contributed by atoms with E-state index < -0.39 is 30.6 Å². The SMILES string of the molecule is CC(=O)NC1C(Cc2ccccc2)OC2COC(c3ccccc3)O[C@H]2[C@@H]1O. The number of carbonyl (C=O) groups is 1. The zero-order valence-electron chi connectivity index (χ0n) is 15.7. The Hall–Kier alpha value is -2.25. The monoisotopic (exact) mass is 383 g/mol. The maximum absolute atomic E-state index is 11.8. The summed E-state index contributed by atoms with van der Waals surface area (Å²) in [5.41, 5.74) is 1.96. The highest BCUT2D eigenvalue weighted by molar-refractivity contribution is 5.73. The predicted octanol–water partition coefficient (Wildman–Crippen LogP) is 1.98. The maximum Gasteiger partial charge on any atom is 0.217 e. The molecular formula is C22H25NO5. The Bertz CT molecular complexity index is 784. The van der Waals surface area contributed by atoms with Gasteiger partial charge < -0.3 is 24.6 Å². The van der Waals surface area contributed by atoms with Gasteiger partial charge in [-0.2, -0.15) is 0 Å². The van der Waals surface area contributed by atoms with E-state index in [1.807, 2.05) is 60.7 Å². The second-order valence-electron chi connectivity index (χ2n) is 7.30. The normalized spacial score (nSPS) is 32.4. The van der Waals surface area contributed by atoms with Gasteiger partial charge in [0.2, 0.25) is 5.91 Å². The molecule has 2 aliphatic rings. The first-order valence-electron chi connectivity index (χ1n) is 9.58. The van der Waals surface area contributed by atoms with E-state index in [1.54, 1.807) is 0 Å². The number of fused-ring (bicyclic) bond motifs is 1. The smallest absolute Gasteiger partial charge is 0.217 e. The summed E-state index contributed by atoms with van der Waals surface area (Å²) in [7, 11) is 0. The van der Waals surface area contributed by atoms with Crippen LogP contribution >= 0.6 is 0 Å². The summed E-state index contributed by atoms with van der Waals surface area (Å²) in [4.78, 5) is 11.8. The van der Waals surface area contributed by atoms with Crippen molar-refractivity contribution in [2.75, 3.05) is 6.61 Å². The highest BCUT2D eigenvalue weighted by Crippen LogP contribution is 2.34. The van der Waals surface area contributed by atoms with Crippen LogP contribution in [0.2, 0.25) is 0 Å². The third kappa shape index (κ3) is 4.10. The molecule has 6 nitrogen and oxygen atoms in total. The molecule has 4 rings (SSSR count). The van der Waals surface area contributed by atoms with Crippen LogP contribution in [0, 0.1) is 0 Å². The molecule has 1 amide bonds. The molecule has 2 saturated heterocycles. The molecule has 0 spiro atoms. The molecule has 148 valence electrons. The van der Waals surface area contributed by atoms with Crippen LogP contribution in [0.15, 0.2) is 60.7 Å². The number of rotatable bonds is 4. The van der Waals surface area contributed by atoms with Gasteiger partial charge >= 0.3 is 0 Å². The lowest BCUT2D eigenvalue weighted by Crippen LogP contribution is -2.66. The third-order valence-corrected chi connectivity index (χ3v) is 5.24. The minimum Gasteiger partial charge on any atom is -0.388 e. The fraction of sp³-hybridized carbons (Fsp3) is 0.409. The van der Waals surface area contributed by atoms with Crippen LogP contribution in [0.1, 0.15) is 24.3 Å². The van der Waals surface area contributed by atoms with Crippen molar-refractivity contribution in [2.24, 2.45) is 0 Å². The van der Waals surface area contributed by atoms with Crippen molar-refractivity contribution in [3.63, 3.8) is 0 Å². The zero-order chi connectivity index (χ0) is 19.5. The van der Waals surface area contributed by atoms with E-state index >= 15 is 0 Å². The van der Waals surface area contributed by atoms with Gasteiger partial charge in [0.1, 0.15) is 18.3 Å². The third-order valence-electron chi connectivity index (χ3n) is 5.24. The molecule has 6 heteroatoms. The summed E-state index contributed by atoms with van der Waals surface area (Å²) in [5.74, 6) is -0.212. The van der Waals surface area contributed by atoms with Crippen molar-refractivity contribution in [3.8, 4) is 0 Å². The molecule has 0 bridgehead atoms. The van der Waals surface area contributed by atoms with Crippen LogP contribution in [-0.4, -0.2) is 48.1 Å². The topological polar surface area (TPSA) is 77.0 Å². The Balaban J connectivity index is 1.53. The van der Waals surface area contributed by atoms with Crippen molar-refractivity contribution < 1.29 is 24.1 Å². The van der Waals surface area contributed by atoms with E-state index in [0.717, 1.165) is 11.1 Å². The highest BCUT2D eigenvalue weighted by Gasteiger charge is 2.49. The summed E-state index contributed by atoms with van der Waals surface area (Å²) in [6.07, 6.45) is -2.23. The molecule has 2 aromatic rings. The van der Waals surface area contributed by atoms with Crippen LogP contribution in [0.5, 0.6) is 0 Å². The van der Waals surface area contributed by atoms with Crippen molar-refractivity contribution in [1.82, 2.24) is 5.32 Å². The summed E-state index contributed by atoms with van der Waals surface area (Å²) in [6, 6.07) is 18.9. The molecule has 28 heavy (non-hydrogen) atoms. The standard InChI is InChI=1S/C22H25NO5/c1-14(24)23-19-17(12-15-8-4-2-5-9-15)27-18-13-26-22(28-21(18)20(19)25)16-10-6-3-7-11-16/h2-11,17-22,25H,12-13H2,1H3,(H,23,24)/t17?,18?,19?,20-,21-,22?/m1/s1. The molecule has 0 aromatic heterocycles.